The molecule has 1 fully saturated rings. The molecule has 1 heteroatoms. The summed E-state index contributed by atoms with van der Waals surface area (Å²) in [5.74, 6) is 2.16. The molecule has 1 heterocycles. The Labute approximate surface area is 102 Å². The SMILES string of the molecule is C1=CC2CCC3c4ccccc4NC3C2C=C1. The van der Waals surface area contributed by atoms with Crippen LogP contribution in [0.15, 0.2) is 48.6 Å². The molecule has 0 radical (unpaired) electrons. The van der Waals surface area contributed by atoms with E-state index in [1.165, 1.54) is 18.5 Å². The monoisotopic (exact) mass is 223 g/mol. The summed E-state index contributed by atoms with van der Waals surface area (Å²) in [5, 5.41) is 3.75. The third-order valence-corrected chi connectivity index (χ3v) is 4.64. The van der Waals surface area contributed by atoms with Gasteiger partial charge in [-0.15, -0.1) is 0 Å². The quantitative estimate of drug-likeness (QED) is 0.707. The van der Waals surface area contributed by atoms with Crippen LogP contribution in [0.25, 0.3) is 0 Å². The van der Waals surface area contributed by atoms with Gasteiger partial charge in [0.1, 0.15) is 0 Å². The molecule has 4 rings (SSSR count). The van der Waals surface area contributed by atoms with Gasteiger partial charge in [-0.25, -0.2) is 0 Å². The molecule has 4 unspecified atom stereocenters. The number of nitrogens with one attached hydrogen (secondary N) is 1. The fourth-order valence-corrected chi connectivity index (χ4v) is 3.84. The van der Waals surface area contributed by atoms with Crippen molar-refractivity contribution in [1.29, 1.82) is 0 Å². The van der Waals surface area contributed by atoms with E-state index < -0.39 is 0 Å². The van der Waals surface area contributed by atoms with Crippen LogP contribution < -0.4 is 5.32 Å². The van der Waals surface area contributed by atoms with E-state index >= 15 is 0 Å². The highest BCUT2D eigenvalue weighted by Crippen LogP contribution is 2.49. The zero-order valence-electron chi connectivity index (χ0n) is 9.84. The van der Waals surface area contributed by atoms with Gasteiger partial charge in [-0.05, 0) is 30.4 Å². The van der Waals surface area contributed by atoms with E-state index in [-0.39, 0.29) is 0 Å². The van der Waals surface area contributed by atoms with Gasteiger partial charge in [-0.3, -0.25) is 0 Å². The first kappa shape index (κ1) is 9.52. The number of anilines is 1. The van der Waals surface area contributed by atoms with Gasteiger partial charge in [-0.1, -0.05) is 42.5 Å². The maximum Gasteiger partial charge on any atom is 0.0399 e. The number of hydrogen-bond donors (Lipinski definition) is 1. The van der Waals surface area contributed by atoms with Gasteiger partial charge in [0.05, 0.1) is 0 Å². The second-order valence-electron chi connectivity index (χ2n) is 5.45. The lowest BCUT2D eigenvalue weighted by molar-refractivity contribution is 0.283. The summed E-state index contributed by atoms with van der Waals surface area (Å²) in [6, 6.07) is 9.45. The van der Waals surface area contributed by atoms with Crippen LogP contribution >= 0.6 is 0 Å². The van der Waals surface area contributed by atoms with Crippen LogP contribution in [0, 0.1) is 11.8 Å². The summed E-state index contributed by atoms with van der Waals surface area (Å²) in [6.07, 6.45) is 11.9. The lowest BCUT2D eigenvalue weighted by Crippen LogP contribution is -2.38. The molecule has 0 aromatic heterocycles. The first-order valence-corrected chi connectivity index (χ1v) is 6.64. The Hall–Kier alpha value is -1.50. The van der Waals surface area contributed by atoms with Crippen LogP contribution in [-0.4, -0.2) is 6.04 Å². The van der Waals surface area contributed by atoms with Crippen LogP contribution in [0.4, 0.5) is 5.69 Å². The number of rotatable bonds is 0. The summed E-state index contributed by atoms with van der Waals surface area (Å²) in [7, 11) is 0. The van der Waals surface area contributed by atoms with Gasteiger partial charge in [0.2, 0.25) is 0 Å². The zero-order chi connectivity index (χ0) is 11.2. The average molecular weight is 223 g/mol. The normalized spacial score (nSPS) is 36.9. The van der Waals surface area contributed by atoms with Crippen LogP contribution in [0.1, 0.15) is 24.3 Å². The molecule has 0 saturated heterocycles. The van der Waals surface area contributed by atoms with E-state index in [0.29, 0.717) is 12.0 Å². The summed E-state index contributed by atoms with van der Waals surface area (Å²) < 4.78 is 0. The van der Waals surface area contributed by atoms with Crippen LogP contribution in [0.2, 0.25) is 0 Å². The number of fused-ring (bicyclic) bond motifs is 5. The van der Waals surface area contributed by atoms with Crippen molar-refractivity contribution in [1.82, 2.24) is 0 Å². The highest BCUT2D eigenvalue weighted by atomic mass is 15.0. The van der Waals surface area contributed by atoms with Crippen molar-refractivity contribution in [2.75, 3.05) is 5.32 Å². The Morgan fingerprint density at radius 1 is 1.00 bits per heavy atom. The third kappa shape index (κ3) is 1.32. The predicted octanol–water partition coefficient (Wildman–Crippen LogP) is 3.72. The molecule has 0 bridgehead atoms. The third-order valence-electron chi connectivity index (χ3n) is 4.64. The van der Waals surface area contributed by atoms with Crippen molar-refractivity contribution in [3.63, 3.8) is 0 Å². The van der Waals surface area contributed by atoms with Gasteiger partial charge in [-0.2, -0.15) is 0 Å². The minimum atomic E-state index is 0.618. The molecule has 86 valence electrons. The van der Waals surface area contributed by atoms with E-state index in [9.17, 15) is 0 Å². The van der Waals surface area contributed by atoms with E-state index in [4.69, 9.17) is 0 Å². The van der Waals surface area contributed by atoms with Crippen molar-refractivity contribution in [2.45, 2.75) is 24.8 Å². The largest absolute Gasteiger partial charge is 0.381 e. The summed E-state index contributed by atoms with van der Waals surface area (Å²) >= 11 is 0. The molecule has 1 N–H and O–H groups in total. The van der Waals surface area contributed by atoms with Crippen LogP contribution in [0.5, 0.6) is 0 Å². The fraction of sp³-hybridized carbons (Fsp3) is 0.375. The first-order valence-electron chi connectivity index (χ1n) is 6.64. The Kier molecular flexibility index (Phi) is 1.96. The Morgan fingerprint density at radius 3 is 2.88 bits per heavy atom. The van der Waals surface area contributed by atoms with Crippen LogP contribution in [-0.2, 0) is 0 Å². The van der Waals surface area contributed by atoms with Gasteiger partial charge in [0, 0.05) is 23.6 Å². The Bertz CT molecular complexity index is 500. The lowest BCUT2D eigenvalue weighted by Gasteiger charge is -2.38. The highest BCUT2D eigenvalue weighted by molar-refractivity contribution is 5.60. The van der Waals surface area contributed by atoms with Crippen molar-refractivity contribution >= 4 is 5.69 Å². The van der Waals surface area contributed by atoms with E-state index in [1.807, 2.05) is 0 Å². The number of hydrogen-bond acceptors (Lipinski definition) is 1. The number of allylic oxidation sites excluding steroid dienone is 3. The molecule has 1 nitrogen and oxygen atoms in total. The van der Waals surface area contributed by atoms with Crippen LogP contribution in [0.3, 0.4) is 0 Å². The molecule has 1 saturated carbocycles. The molecule has 0 spiro atoms. The zero-order valence-corrected chi connectivity index (χ0v) is 9.84. The minimum absolute atomic E-state index is 0.618. The van der Waals surface area contributed by atoms with Crippen molar-refractivity contribution in [3.05, 3.63) is 54.1 Å². The fourth-order valence-electron chi connectivity index (χ4n) is 3.84. The van der Waals surface area contributed by atoms with Crippen molar-refractivity contribution < 1.29 is 0 Å². The van der Waals surface area contributed by atoms with E-state index in [0.717, 1.165) is 11.8 Å². The molecule has 17 heavy (non-hydrogen) atoms. The standard InChI is InChI=1S/C16H17N/c1-2-6-12-11(5-1)9-10-14-13-7-3-4-8-15(13)17-16(12)14/h1-8,11-12,14,16-17H,9-10H2. The van der Waals surface area contributed by atoms with Gasteiger partial charge < -0.3 is 5.32 Å². The summed E-state index contributed by atoms with van der Waals surface area (Å²) in [5.41, 5.74) is 2.91. The topological polar surface area (TPSA) is 12.0 Å². The van der Waals surface area contributed by atoms with Gasteiger partial charge in [0.25, 0.3) is 0 Å². The maximum absolute atomic E-state index is 3.75. The molecule has 3 aliphatic rings. The molecule has 4 atom stereocenters. The van der Waals surface area contributed by atoms with E-state index in [1.54, 1.807) is 5.56 Å². The number of benzene rings is 1. The molecule has 1 aromatic rings. The molecular formula is C16H17N. The molecule has 0 amide bonds. The second kappa shape index (κ2) is 3.49. The van der Waals surface area contributed by atoms with Gasteiger partial charge in [0.15, 0.2) is 0 Å². The summed E-state index contributed by atoms with van der Waals surface area (Å²) in [4.78, 5) is 0. The minimum Gasteiger partial charge on any atom is -0.381 e. The van der Waals surface area contributed by atoms with Crippen molar-refractivity contribution in [3.8, 4) is 0 Å². The van der Waals surface area contributed by atoms with Crippen molar-refractivity contribution in [2.24, 2.45) is 11.8 Å². The smallest absolute Gasteiger partial charge is 0.0399 e. The second-order valence-corrected chi connectivity index (χ2v) is 5.45. The lowest BCUT2D eigenvalue weighted by atomic mass is 9.68. The number of para-hydroxylation sites is 1. The Balaban J connectivity index is 1.73. The highest BCUT2D eigenvalue weighted by Gasteiger charge is 2.42. The average Bonchev–Trinajstić information content (AvgIpc) is 2.78. The molecule has 1 aromatic carbocycles. The molecule has 2 aliphatic carbocycles. The predicted molar refractivity (Wildman–Crippen MR) is 71.1 cm³/mol. The molecule has 1 aliphatic heterocycles. The Morgan fingerprint density at radius 2 is 1.88 bits per heavy atom. The van der Waals surface area contributed by atoms with Gasteiger partial charge >= 0.3 is 0 Å². The first-order chi connectivity index (χ1) is 8.43. The molecular weight excluding hydrogens is 206 g/mol. The van der Waals surface area contributed by atoms with E-state index in [2.05, 4.69) is 53.9 Å². The summed E-state index contributed by atoms with van der Waals surface area (Å²) in [6.45, 7) is 0. The maximum atomic E-state index is 3.75.